The summed E-state index contributed by atoms with van der Waals surface area (Å²) >= 11 is 0. The van der Waals surface area contributed by atoms with Gasteiger partial charge in [0.1, 0.15) is 0 Å². The van der Waals surface area contributed by atoms with E-state index in [2.05, 4.69) is 5.11 Å². The lowest BCUT2D eigenvalue weighted by atomic mass is 10.3. The zero-order chi connectivity index (χ0) is 8.20. The molecule has 58 valence electrons. The van der Waals surface area contributed by atoms with Crippen molar-refractivity contribution in [1.82, 2.24) is 0 Å². The lowest BCUT2D eigenvalue weighted by Crippen LogP contribution is -2.29. The first-order valence-corrected chi connectivity index (χ1v) is 2.24. The Kier molecular flexibility index (Phi) is 2.98. The van der Waals surface area contributed by atoms with E-state index in [0.29, 0.717) is 0 Å². The molecule has 0 aliphatic heterocycles. The fourth-order valence-electron chi connectivity index (χ4n) is 0.268. The molecule has 0 aromatic heterocycles. The fourth-order valence-corrected chi connectivity index (χ4v) is 0.268. The van der Waals surface area contributed by atoms with E-state index in [1.807, 2.05) is 4.91 Å². The summed E-state index contributed by atoms with van der Waals surface area (Å²) in [6, 6.07) is -2.32. The van der Waals surface area contributed by atoms with Crippen molar-refractivity contribution in [1.29, 1.82) is 0 Å². The van der Waals surface area contributed by atoms with Gasteiger partial charge in [0.2, 0.25) is 0 Å². The van der Waals surface area contributed by atoms with Gasteiger partial charge in [0.15, 0.2) is 6.04 Å². The van der Waals surface area contributed by atoms with Crippen molar-refractivity contribution in [3.05, 3.63) is 10.4 Å². The van der Waals surface area contributed by atoms with Gasteiger partial charge in [-0.05, 0) is 5.53 Å². The molecule has 0 saturated carbocycles. The Hall–Kier alpha value is -0.940. The number of nitrogens with zero attached hydrogens (tertiary/aromatic N) is 3. The molecule has 0 rings (SSSR count). The molecule has 0 aliphatic rings. The van der Waals surface area contributed by atoms with Crippen LogP contribution in [0.5, 0.6) is 0 Å². The van der Waals surface area contributed by atoms with Crippen molar-refractivity contribution in [2.75, 3.05) is 6.61 Å². The third-order valence-corrected chi connectivity index (χ3v) is 0.742. The van der Waals surface area contributed by atoms with Gasteiger partial charge in [-0.1, -0.05) is 5.11 Å². The second-order valence-corrected chi connectivity index (χ2v) is 1.44. The van der Waals surface area contributed by atoms with Gasteiger partial charge in [-0.15, -0.1) is 0 Å². The number of aliphatic hydroxyl groups is 1. The van der Waals surface area contributed by atoms with Crippen LogP contribution in [-0.4, -0.2) is 23.9 Å². The number of halogens is 3. The molecule has 0 spiro atoms. The maximum absolute atomic E-state index is 11.5. The maximum Gasteiger partial charge on any atom is 0.399 e. The monoisotopic (exact) mass is 155 g/mol. The largest absolute Gasteiger partial charge is 0.399 e. The lowest BCUT2D eigenvalue weighted by Gasteiger charge is -2.10. The average molecular weight is 155 g/mol. The highest BCUT2D eigenvalue weighted by Gasteiger charge is 2.38. The fraction of sp³-hybridized carbons (Fsp3) is 1.00. The molecule has 0 aromatic carbocycles. The van der Waals surface area contributed by atoms with E-state index in [9.17, 15) is 13.2 Å². The third-order valence-electron chi connectivity index (χ3n) is 0.742. The van der Waals surface area contributed by atoms with Gasteiger partial charge < -0.3 is 5.11 Å². The van der Waals surface area contributed by atoms with Gasteiger partial charge in [-0.2, -0.15) is 13.2 Å². The van der Waals surface area contributed by atoms with Gasteiger partial charge in [0, 0.05) is 4.91 Å². The van der Waals surface area contributed by atoms with Crippen molar-refractivity contribution < 1.29 is 18.3 Å². The normalized spacial score (nSPS) is 14.0. The Bertz CT molecular complexity index is 150. The Labute approximate surface area is 53.9 Å². The minimum absolute atomic E-state index is 1.21. The van der Waals surface area contributed by atoms with E-state index < -0.39 is 18.8 Å². The summed E-state index contributed by atoms with van der Waals surface area (Å²) in [5.74, 6) is 0. The van der Waals surface area contributed by atoms with E-state index in [0.717, 1.165) is 0 Å². The van der Waals surface area contributed by atoms with E-state index >= 15 is 0 Å². The molecule has 1 N–H and O–H groups in total. The molecule has 7 heteroatoms. The molecule has 0 radical (unpaired) electrons. The highest BCUT2D eigenvalue weighted by molar-refractivity contribution is 4.73. The molecule has 0 fully saturated rings. The molecular formula is C3H4F3N3O. The highest BCUT2D eigenvalue weighted by Crippen LogP contribution is 2.22. The van der Waals surface area contributed by atoms with Crippen molar-refractivity contribution in [2.24, 2.45) is 5.11 Å². The average Bonchev–Trinajstić information content (AvgIpc) is 1.80. The van der Waals surface area contributed by atoms with Crippen molar-refractivity contribution >= 4 is 0 Å². The van der Waals surface area contributed by atoms with Crippen LogP contribution in [0.2, 0.25) is 0 Å². The van der Waals surface area contributed by atoms with Gasteiger partial charge in [0.05, 0.1) is 6.61 Å². The molecule has 0 bridgehead atoms. The Balaban J connectivity index is 4.20. The molecular weight excluding hydrogens is 151 g/mol. The number of aliphatic hydroxyl groups excluding tert-OH is 1. The van der Waals surface area contributed by atoms with Crippen LogP contribution in [0.3, 0.4) is 0 Å². The highest BCUT2D eigenvalue weighted by atomic mass is 19.4. The molecule has 0 amide bonds. The first-order chi connectivity index (χ1) is 4.52. The number of azide groups is 1. The van der Waals surface area contributed by atoms with Crippen LogP contribution in [0.25, 0.3) is 10.4 Å². The van der Waals surface area contributed by atoms with E-state index in [-0.39, 0.29) is 0 Å². The standard InChI is InChI=1S/C3H4F3N3O/c4-3(5,6)2(1-10)8-9-7/h2,10H,1H2. The zero-order valence-electron chi connectivity index (χ0n) is 4.71. The third kappa shape index (κ3) is 2.56. The van der Waals surface area contributed by atoms with Gasteiger partial charge in [-0.25, -0.2) is 0 Å². The Morgan fingerprint density at radius 1 is 1.60 bits per heavy atom. The Morgan fingerprint density at radius 2 is 2.10 bits per heavy atom. The predicted octanol–water partition coefficient (Wildman–Crippen LogP) is 1.22. The summed E-state index contributed by atoms with van der Waals surface area (Å²) in [5, 5.41) is 10.3. The maximum atomic E-state index is 11.5. The van der Waals surface area contributed by atoms with Crippen LogP contribution in [0.15, 0.2) is 5.11 Å². The van der Waals surface area contributed by atoms with E-state index in [1.54, 1.807) is 0 Å². The number of rotatable bonds is 2. The van der Waals surface area contributed by atoms with Crippen LogP contribution in [-0.2, 0) is 0 Å². The molecule has 0 aliphatic carbocycles. The van der Waals surface area contributed by atoms with Gasteiger partial charge in [0.25, 0.3) is 0 Å². The van der Waals surface area contributed by atoms with E-state index in [4.69, 9.17) is 10.6 Å². The summed E-state index contributed by atoms with van der Waals surface area (Å²) in [4.78, 5) is 1.92. The molecule has 0 aromatic rings. The van der Waals surface area contributed by atoms with Crippen LogP contribution in [0.4, 0.5) is 13.2 Å². The van der Waals surface area contributed by atoms with Crippen molar-refractivity contribution in [3.8, 4) is 0 Å². The van der Waals surface area contributed by atoms with Gasteiger partial charge >= 0.3 is 6.18 Å². The molecule has 1 unspecified atom stereocenters. The predicted molar refractivity (Wildman–Crippen MR) is 26.1 cm³/mol. The molecule has 0 saturated heterocycles. The number of hydrogen-bond acceptors (Lipinski definition) is 2. The SMILES string of the molecule is [N-]=[N+]=NC(CO)C(F)(F)F. The summed E-state index contributed by atoms with van der Waals surface area (Å²) in [6.45, 7) is -1.21. The smallest absolute Gasteiger partial charge is 0.396 e. The number of hydrogen-bond donors (Lipinski definition) is 1. The first kappa shape index (κ1) is 9.06. The zero-order valence-corrected chi connectivity index (χ0v) is 4.71. The molecule has 10 heavy (non-hydrogen) atoms. The molecule has 1 atom stereocenters. The molecule has 0 heterocycles. The number of alkyl halides is 3. The second-order valence-electron chi connectivity index (χ2n) is 1.44. The summed E-state index contributed by atoms with van der Waals surface area (Å²) in [7, 11) is 0. The van der Waals surface area contributed by atoms with Crippen LogP contribution in [0.1, 0.15) is 0 Å². The van der Waals surface area contributed by atoms with Gasteiger partial charge in [-0.3, -0.25) is 0 Å². The minimum atomic E-state index is -4.65. The summed E-state index contributed by atoms with van der Waals surface area (Å²) in [5.41, 5.74) is 7.58. The lowest BCUT2D eigenvalue weighted by molar-refractivity contribution is -0.154. The summed E-state index contributed by atoms with van der Waals surface area (Å²) in [6.07, 6.45) is -4.65. The molecule has 4 nitrogen and oxygen atoms in total. The Morgan fingerprint density at radius 3 is 2.20 bits per heavy atom. The second kappa shape index (κ2) is 3.28. The van der Waals surface area contributed by atoms with Crippen molar-refractivity contribution in [2.45, 2.75) is 12.2 Å². The minimum Gasteiger partial charge on any atom is -0.396 e. The van der Waals surface area contributed by atoms with E-state index in [1.165, 1.54) is 0 Å². The first-order valence-electron chi connectivity index (χ1n) is 2.24. The summed E-state index contributed by atoms with van der Waals surface area (Å²) < 4.78 is 34.4. The van der Waals surface area contributed by atoms with Crippen molar-refractivity contribution in [3.63, 3.8) is 0 Å². The van der Waals surface area contributed by atoms with Crippen LogP contribution >= 0.6 is 0 Å². The van der Waals surface area contributed by atoms with Crippen LogP contribution < -0.4 is 0 Å². The van der Waals surface area contributed by atoms with Crippen LogP contribution in [0, 0.1) is 0 Å². The quantitative estimate of drug-likeness (QED) is 0.363. The topological polar surface area (TPSA) is 69.0 Å².